The number of alkyl halides is 3. The second kappa shape index (κ2) is 15.3. The van der Waals surface area contributed by atoms with Crippen LogP contribution in [0.5, 0.6) is 11.5 Å². The summed E-state index contributed by atoms with van der Waals surface area (Å²) in [6.45, 7) is -0.366. The summed E-state index contributed by atoms with van der Waals surface area (Å²) in [4.78, 5) is 38.3. The molecule has 2 rings (SSSR count). The maximum atomic E-state index is 12.6. The molecule has 0 saturated heterocycles. The first-order chi connectivity index (χ1) is 18.6. The van der Waals surface area contributed by atoms with Gasteiger partial charge in [-0.3, -0.25) is 19.8 Å². The zero-order chi connectivity index (χ0) is 30.5. The van der Waals surface area contributed by atoms with Crippen LogP contribution in [-0.2, 0) is 37.5 Å². The van der Waals surface area contributed by atoms with E-state index < -0.39 is 33.6 Å². The van der Waals surface area contributed by atoms with Gasteiger partial charge in [-0.25, -0.2) is 23.4 Å². The topological polar surface area (TPSA) is 224 Å². The number of hydroxylamine groups is 1. The summed E-state index contributed by atoms with van der Waals surface area (Å²) in [5, 5.41) is 16.6. The Balaban J connectivity index is 0.00000101. The maximum Gasteiger partial charge on any atom is 0.490 e. The third kappa shape index (κ3) is 11.2. The first kappa shape index (κ1) is 33.7. The highest BCUT2D eigenvalue weighted by atomic mass is 32.2. The second-order valence-corrected chi connectivity index (χ2v) is 9.09. The largest absolute Gasteiger partial charge is 0.493 e. The number of carboxylic acid groups (broad SMARTS) is 1. The summed E-state index contributed by atoms with van der Waals surface area (Å²) in [5.41, 5.74) is 6.81. The molecule has 1 aromatic heterocycles. The lowest BCUT2D eigenvalue weighted by molar-refractivity contribution is -0.192. The average molecular weight is 597 g/mol. The summed E-state index contributed by atoms with van der Waals surface area (Å²) in [6.07, 6.45) is -3.66. The van der Waals surface area contributed by atoms with Crippen molar-refractivity contribution in [2.45, 2.75) is 24.2 Å². The number of carbonyl (C=O) groups is 2. The minimum Gasteiger partial charge on any atom is -0.493 e. The van der Waals surface area contributed by atoms with Gasteiger partial charge in [-0.05, 0) is 18.2 Å². The molecular formula is C21H27F3N6O9S. The number of hydrogen-bond acceptors (Lipinski definition) is 9. The number of pyridine rings is 1. The van der Waals surface area contributed by atoms with Crippen molar-refractivity contribution in [3.8, 4) is 11.5 Å². The van der Waals surface area contributed by atoms with E-state index in [1.165, 1.54) is 50.7 Å². The molecule has 0 aliphatic carbocycles. The number of nitrogens with two attached hydrogens (primary N) is 1. The van der Waals surface area contributed by atoms with Crippen molar-refractivity contribution in [3.05, 3.63) is 52.4 Å². The molecule has 0 unspecified atom stereocenters. The highest BCUT2D eigenvalue weighted by Crippen LogP contribution is 2.29. The lowest BCUT2D eigenvalue weighted by Crippen LogP contribution is -2.37. The van der Waals surface area contributed by atoms with Crippen LogP contribution in [0.3, 0.4) is 0 Å². The van der Waals surface area contributed by atoms with E-state index in [0.29, 0.717) is 5.75 Å². The number of halogens is 3. The van der Waals surface area contributed by atoms with E-state index >= 15 is 0 Å². The van der Waals surface area contributed by atoms with Crippen LogP contribution in [-0.4, -0.2) is 69.5 Å². The number of benzene rings is 1. The smallest absolute Gasteiger partial charge is 0.490 e. The Hall–Kier alpha value is -4.36. The molecule has 15 nitrogen and oxygen atoms in total. The van der Waals surface area contributed by atoms with E-state index in [1.54, 1.807) is 0 Å². The molecule has 0 aliphatic heterocycles. The fraction of sp³-hybridized carbons (Fsp3) is 0.333. The Kier molecular flexibility index (Phi) is 12.9. The van der Waals surface area contributed by atoms with Crippen molar-refractivity contribution < 1.29 is 50.6 Å². The van der Waals surface area contributed by atoms with Gasteiger partial charge in [-0.2, -0.15) is 13.2 Å². The summed E-state index contributed by atoms with van der Waals surface area (Å²) in [6, 6.07) is 7.13. The van der Waals surface area contributed by atoms with Gasteiger partial charge in [0.05, 0.1) is 25.7 Å². The zero-order valence-electron chi connectivity index (χ0n) is 21.1. The molecule has 1 aromatic carbocycles. The number of ether oxygens (including phenoxy) is 2. The van der Waals surface area contributed by atoms with Gasteiger partial charge in [0, 0.05) is 30.9 Å². The molecule has 0 atom stereocenters. The van der Waals surface area contributed by atoms with Crippen molar-refractivity contribution in [3.63, 3.8) is 0 Å². The maximum absolute atomic E-state index is 12.6. The van der Waals surface area contributed by atoms with Gasteiger partial charge in [0.15, 0.2) is 11.5 Å². The number of guanidine groups is 1. The Bertz CT molecular complexity index is 1350. The van der Waals surface area contributed by atoms with Crippen LogP contribution in [0.25, 0.3) is 0 Å². The molecule has 0 spiro atoms. The molecule has 7 N–H and O–H groups in total. The Morgan fingerprint density at radius 2 is 1.77 bits per heavy atom. The Labute approximate surface area is 225 Å². The number of sulfonamides is 1. The Morgan fingerprint density at radius 1 is 1.15 bits per heavy atom. The van der Waals surface area contributed by atoms with Crippen molar-refractivity contribution in [2.24, 2.45) is 5.73 Å². The normalized spacial score (nSPS) is 11.0. The summed E-state index contributed by atoms with van der Waals surface area (Å²) >= 11 is 0. The third-order valence-corrected chi connectivity index (χ3v) is 5.88. The number of aromatic nitrogens is 1. The first-order valence-corrected chi connectivity index (χ1v) is 12.3. The number of amides is 1. The molecule has 40 heavy (non-hydrogen) atoms. The SMILES string of the molecule is COc1ccc(S(=O)(=O)NCc2cccn(CC(=O)NCCONC(=N)N)c2=O)cc1OC.O=C(O)C(F)(F)F. The monoisotopic (exact) mass is 596 g/mol. The van der Waals surface area contributed by atoms with Gasteiger partial charge in [0.2, 0.25) is 21.9 Å². The second-order valence-electron chi connectivity index (χ2n) is 7.32. The number of carboxylic acids is 1. The van der Waals surface area contributed by atoms with Crippen LogP contribution in [0.2, 0.25) is 0 Å². The lowest BCUT2D eigenvalue weighted by Gasteiger charge is -2.12. The predicted octanol–water partition coefficient (Wildman–Crippen LogP) is -0.492. The van der Waals surface area contributed by atoms with Gasteiger partial charge >= 0.3 is 12.1 Å². The molecule has 0 fully saturated rings. The van der Waals surface area contributed by atoms with Crippen LogP contribution in [0.15, 0.2) is 46.2 Å². The van der Waals surface area contributed by atoms with Crippen LogP contribution in [0, 0.1) is 5.41 Å². The van der Waals surface area contributed by atoms with Crippen molar-refractivity contribution in [1.29, 1.82) is 5.41 Å². The molecule has 1 amide bonds. The van der Waals surface area contributed by atoms with Crippen LogP contribution >= 0.6 is 0 Å². The number of methoxy groups -OCH3 is 2. The highest BCUT2D eigenvalue weighted by molar-refractivity contribution is 7.89. The van der Waals surface area contributed by atoms with Gasteiger partial charge < -0.3 is 30.2 Å². The number of carbonyl (C=O) groups excluding carboxylic acids is 1. The predicted molar refractivity (Wildman–Crippen MR) is 132 cm³/mol. The first-order valence-electron chi connectivity index (χ1n) is 10.8. The number of rotatable bonds is 12. The third-order valence-electron chi connectivity index (χ3n) is 4.48. The van der Waals surface area contributed by atoms with E-state index in [1.807, 2.05) is 0 Å². The van der Waals surface area contributed by atoms with Crippen LogP contribution in [0.1, 0.15) is 5.56 Å². The summed E-state index contributed by atoms with van der Waals surface area (Å²) < 4.78 is 70.8. The molecule has 0 radical (unpaired) electrons. The molecule has 1 heterocycles. The number of hydrogen-bond donors (Lipinski definition) is 6. The van der Waals surface area contributed by atoms with Crippen molar-refractivity contribution in [1.82, 2.24) is 20.1 Å². The fourth-order valence-corrected chi connectivity index (χ4v) is 3.69. The minimum atomic E-state index is -5.08. The minimum absolute atomic E-state index is 0.0538. The van der Waals surface area contributed by atoms with Gasteiger partial charge in [-0.1, -0.05) is 6.07 Å². The van der Waals surface area contributed by atoms with Gasteiger partial charge in [0.25, 0.3) is 5.56 Å². The quantitative estimate of drug-likeness (QED) is 0.0793. The van der Waals surface area contributed by atoms with Crippen molar-refractivity contribution >= 4 is 27.9 Å². The molecule has 0 saturated carbocycles. The fourth-order valence-electron chi connectivity index (χ4n) is 2.67. The van der Waals surface area contributed by atoms with E-state index in [0.717, 1.165) is 4.57 Å². The number of nitrogens with zero attached hydrogens (tertiary/aromatic N) is 1. The van der Waals surface area contributed by atoms with E-state index in [-0.39, 0.29) is 48.4 Å². The number of nitrogens with one attached hydrogen (secondary N) is 4. The molecule has 2 aromatic rings. The van der Waals surface area contributed by atoms with E-state index in [4.69, 9.17) is 35.4 Å². The molecule has 0 aliphatic rings. The average Bonchev–Trinajstić information content (AvgIpc) is 2.88. The van der Waals surface area contributed by atoms with E-state index in [9.17, 15) is 31.2 Å². The van der Waals surface area contributed by atoms with E-state index in [2.05, 4.69) is 15.5 Å². The lowest BCUT2D eigenvalue weighted by atomic mass is 10.3. The molecule has 19 heteroatoms. The van der Waals surface area contributed by atoms with Gasteiger partial charge in [-0.15, -0.1) is 0 Å². The van der Waals surface area contributed by atoms with Crippen LogP contribution in [0.4, 0.5) is 13.2 Å². The molecular weight excluding hydrogens is 569 g/mol. The van der Waals surface area contributed by atoms with Gasteiger partial charge in [0.1, 0.15) is 6.54 Å². The van der Waals surface area contributed by atoms with Crippen molar-refractivity contribution in [2.75, 3.05) is 27.4 Å². The number of aliphatic carboxylic acids is 1. The van der Waals surface area contributed by atoms with Crippen LogP contribution < -0.4 is 36.3 Å². The Morgan fingerprint density at radius 3 is 2.33 bits per heavy atom. The molecule has 0 bridgehead atoms. The zero-order valence-corrected chi connectivity index (χ0v) is 21.9. The standard InChI is InChI=1S/C19H26N6O7S.C2HF3O2/c1-30-15-6-5-14(10-16(15)31-2)33(28,29)23-11-13-4-3-8-25(18(13)27)12-17(26)22-7-9-32-24-19(20)21;3-2(4,5)1(6)7/h3-6,8,10,23H,7,9,11-12H2,1-2H3,(H,22,26)(H4,20,21,24);(H,6,7). The summed E-state index contributed by atoms with van der Waals surface area (Å²) in [5.74, 6) is -2.95. The highest BCUT2D eigenvalue weighted by Gasteiger charge is 2.38. The summed E-state index contributed by atoms with van der Waals surface area (Å²) in [7, 11) is -1.12. The molecule has 222 valence electrons.